The minimum absolute atomic E-state index is 0.215. The molecule has 1 rings (SSSR count). The van der Waals surface area contributed by atoms with Gasteiger partial charge in [-0.05, 0) is 24.3 Å². The van der Waals surface area contributed by atoms with E-state index in [0.717, 1.165) is 12.1 Å². The fourth-order valence-corrected chi connectivity index (χ4v) is 3.36. The molecule has 1 aromatic rings. The van der Waals surface area contributed by atoms with E-state index in [1.54, 1.807) is 0 Å². The van der Waals surface area contributed by atoms with Crippen molar-refractivity contribution in [3.05, 3.63) is 29.3 Å². The molecular formula is C7H6ClF3N2O3S2. The second-order valence-electron chi connectivity index (χ2n) is 3.02. The summed E-state index contributed by atoms with van der Waals surface area (Å²) < 4.78 is 71.5. The van der Waals surface area contributed by atoms with Crippen LogP contribution in [0.2, 0.25) is 5.02 Å². The summed E-state index contributed by atoms with van der Waals surface area (Å²) in [6, 6.07) is 4.44. The topological polar surface area (TPSA) is 89.6 Å². The Morgan fingerprint density at radius 3 is 1.94 bits per heavy atom. The average Bonchev–Trinajstić information content (AvgIpc) is 2.14. The van der Waals surface area contributed by atoms with Gasteiger partial charge in [0.1, 0.15) is 9.92 Å². The third-order valence-electron chi connectivity index (χ3n) is 1.65. The van der Waals surface area contributed by atoms with Crippen LogP contribution in [-0.2, 0) is 19.9 Å². The third-order valence-corrected chi connectivity index (χ3v) is 5.11. The predicted molar refractivity (Wildman–Crippen MR) is 59.5 cm³/mol. The molecular weight excluding hydrogens is 317 g/mol. The second kappa shape index (κ2) is 4.68. The number of alkyl halides is 3. The van der Waals surface area contributed by atoms with Gasteiger partial charge in [0, 0.05) is 5.02 Å². The normalized spacial score (nSPS) is 16.1. The van der Waals surface area contributed by atoms with E-state index >= 15 is 0 Å². The molecule has 1 atom stereocenters. The van der Waals surface area contributed by atoms with Crippen LogP contribution >= 0.6 is 11.6 Å². The Hall–Kier alpha value is -0.840. The van der Waals surface area contributed by atoms with E-state index in [9.17, 15) is 25.8 Å². The average molecular weight is 323 g/mol. The fraction of sp³-hybridized carbons (Fsp3) is 0.143. The van der Waals surface area contributed by atoms with E-state index in [2.05, 4.69) is 3.77 Å². The number of halogens is 4. The Labute approximate surface area is 106 Å². The zero-order chi connectivity index (χ0) is 14.2. The fourth-order valence-electron chi connectivity index (χ4n) is 0.861. The summed E-state index contributed by atoms with van der Waals surface area (Å²) in [4.78, 5) is -0.375. The van der Waals surface area contributed by atoms with Crippen LogP contribution in [0.1, 0.15) is 0 Å². The highest BCUT2D eigenvalue weighted by molar-refractivity contribution is 8.02. The van der Waals surface area contributed by atoms with Crippen molar-refractivity contribution in [2.45, 2.75) is 10.4 Å². The lowest BCUT2D eigenvalue weighted by Gasteiger charge is -2.06. The maximum absolute atomic E-state index is 12.1. The van der Waals surface area contributed by atoms with Crippen molar-refractivity contribution in [3.8, 4) is 0 Å². The van der Waals surface area contributed by atoms with Gasteiger partial charge in [0.2, 0.25) is 0 Å². The summed E-state index contributed by atoms with van der Waals surface area (Å²) in [6.07, 6.45) is 0. The Balaban J connectivity index is 3.40. The van der Waals surface area contributed by atoms with Gasteiger partial charge >= 0.3 is 15.5 Å². The molecule has 11 heteroatoms. The molecule has 0 amide bonds. The molecule has 1 aromatic carbocycles. The predicted octanol–water partition coefficient (Wildman–Crippen LogP) is 1.89. The highest BCUT2D eigenvalue weighted by Gasteiger charge is 2.47. The van der Waals surface area contributed by atoms with E-state index in [-0.39, 0.29) is 9.92 Å². The van der Waals surface area contributed by atoms with Crippen molar-refractivity contribution in [2.24, 2.45) is 8.91 Å². The standard InChI is InChI=1S/C7H6ClF3N2O3S2/c8-5-1-3-6(4-2-5)17(12,14)13-18(15,16)7(9,10)11/h1-4H,(H2,12,13,14). The molecule has 5 nitrogen and oxygen atoms in total. The van der Waals surface area contributed by atoms with Crippen LogP contribution in [0.5, 0.6) is 0 Å². The zero-order valence-electron chi connectivity index (χ0n) is 8.39. The van der Waals surface area contributed by atoms with E-state index in [4.69, 9.17) is 16.7 Å². The monoisotopic (exact) mass is 322 g/mol. The molecule has 0 saturated carbocycles. The van der Waals surface area contributed by atoms with Gasteiger partial charge in [0.05, 0.1) is 4.90 Å². The molecule has 0 aliphatic heterocycles. The number of nitrogens with zero attached hydrogens (tertiary/aromatic N) is 1. The zero-order valence-corrected chi connectivity index (χ0v) is 10.8. The molecule has 102 valence electrons. The Morgan fingerprint density at radius 2 is 1.56 bits per heavy atom. The van der Waals surface area contributed by atoms with Crippen molar-refractivity contribution in [1.82, 2.24) is 0 Å². The minimum atomic E-state index is -5.92. The highest BCUT2D eigenvalue weighted by Crippen LogP contribution is 2.26. The number of hydrogen-bond acceptors (Lipinski definition) is 3. The molecule has 2 N–H and O–H groups in total. The maximum Gasteiger partial charge on any atom is 0.519 e. The van der Waals surface area contributed by atoms with Gasteiger partial charge in [-0.15, -0.1) is 0 Å². The van der Waals surface area contributed by atoms with E-state index < -0.39 is 25.4 Å². The van der Waals surface area contributed by atoms with Crippen molar-refractivity contribution in [2.75, 3.05) is 0 Å². The van der Waals surface area contributed by atoms with Crippen LogP contribution in [0.4, 0.5) is 13.2 Å². The molecule has 0 spiro atoms. The van der Waals surface area contributed by atoms with Gasteiger partial charge in [-0.2, -0.15) is 21.6 Å². The number of rotatable bonds is 2. The van der Waals surface area contributed by atoms with Crippen LogP contribution in [-0.4, -0.2) is 18.1 Å². The molecule has 0 heterocycles. The Kier molecular flexibility index (Phi) is 3.96. The lowest BCUT2D eigenvalue weighted by Crippen LogP contribution is -2.24. The van der Waals surface area contributed by atoms with Gasteiger partial charge in [-0.3, -0.25) is 0 Å². The van der Waals surface area contributed by atoms with Gasteiger partial charge in [-0.1, -0.05) is 15.4 Å². The Bertz CT molecular complexity index is 660. The quantitative estimate of drug-likeness (QED) is 0.901. The van der Waals surface area contributed by atoms with Gasteiger partial charge in [-0.25, -0.2) is 9.35 Å². The maximum atomic E-state index is 12.1. The summed E-state index contributed by atoms with van der Waals surface area (Å²) in [7, 11) is -10.1. The first-order valence-electron chi connectivity index (χ1n) is 4.09. The van der Waals surface area contributed by atoms with Crippen LogP contribution < -0.4 is 5.14 Å². The van der Waals surface area contributed by atoms with Gasteiger partial charge in [0.25, 0.3) is 0 Å². The third kappa shape index (κ3) is 3.34. The number of hydrogen-bond donors (Lipinski definition) is 1. The van der Waals surface area contributed by atoms with Crippen molar-refractivity contribution >= 4 is 31.5 Å². The summed E-state index contributed by atoms with van der Waals surface area (Å²) in [5.41, 5.74) is -5.65. The SMILES string of the molecule is NS(=O)(=NS(=O)(=O)C(F)(F)F)c1ccc(Cl)cc1. The van der Waals surface area contributed by atoms with Crippen molar-refractivity contribution < 1.29 is 25.8 Å². The molecule has 18 heavy (non-hydrogen) atoms. The molecule has 0 fully saturated rings. The number of sulfonamides is 1. The second-order valence-corrected chi connectivity index (χ2v) is 7.07. The first-order valence-corrected chi connectivity index (χ1v) is 7.48. The lowest BCUT2D eigenvalue weighted by molar-refractivity contribution is -0.0434. The molecule has 0 radical (unpaired) electrons. The van der Waals surface area contributed by atoms with Crippen LogP contribution in [0, 0.1) is 0 Å². The number of benzene rings is 1. The van der Waals surface area contributed by atoms with Crippen molar-refractivity contribution in [3.63, 3.8) is 0 Å². The van der Waals surface area contributed by atoms with E-state index in [1.165, 1.54) is 12.1 Å². The van der Waals surface area contributed by atoms with Crippen LogP contribution in [0.15, 0.2) is 32.9 Å². The molecule has 0 aliphatic carbocycles. The van der Waals surface area contributed by atoms with E-state index in [0.29, 0.717) is 0 Å². The molecule has 0 saturated heterocycles. The summed E-state index contributed by atoms with van der Waals surface area (Å²) in [5, 5.41) is 5.23. The Morgan fingerprint density at radius 1 is 1.11 bits per heavy atom. The van der Waals surface area contributed by atoms with Gasteiger partial charge < -0.3 is 0 Å². The summed E-state index contributed by atoms with van der Waals surface area (Å²) in [6.45, 7) is 0. The molecule has 0 aromatic heterocycles. The number of nitrogens with two attached hydrogens (primary N) is 1. The van der Waals surface area contributed by atoms with E-state index in [1.807, 2.05) is 0 Å². The first-order chi connectivity index (χ1) is 7.96. The van der Waals surface area contributed by atoms with Crippen LogP contribution in [0.3, 0.4) is 0 Å². The van der Waals surface area contributed by atoms with Crippen LogP contribution in [0.25, 0.3) is 0 Å². The largest absolute Gasteiger partial charge is 0.519 e. The summed E-state index contributed by atoms with van der Waals surface area (Å²) in [5.74, 6) is 0. The molecule has 0 bridgehead atoms. The van der Waals surface area contributed by atoms with Crippen molar-refractivity contribution in [1.29, 1.82) is 0 Å². The lowest BCUT2D eigenvalue weighted by atomic mass is 10.4. The first kappa shape index (κ1) is 15.2. The minimum Gasteiger partial charge on any atom is -0.240 e. The molecule has 0 aliphatic rings. The molecule has 1 unspecified atom stereocenters. The van der Waals surface area contributed by atoms with Gasteiger partial charge in [0.15, 0.2) is 0 Å². The highest BCUT2D eigenvalue weighted by atomic mass is 35.5. The smallest absolute Gasteiger partial charge is 0.240 e. The summed E-state index contributed by atoms with van der Waals surface area (Å²) >= 11 is 5.50.